The number of aliphatic hydroxyl groups excluding tert-OH is 1. The molecule has 0 radical (unpaired) electrons. The third-order valence-electron chi connectivity index (χ3n) is 5.50. The van der Waals surface area contributed by atoms with Crippen LogP contribution >= 0.6 is 0 Å². The molecule has 2 atom stereocenters. The average Bonchev–Trinajstić information content (AvgIpc) is 2.77. The molecule has 3 aromatic rings. The molecule has 30 heavy (non-hydrogen) atoms. The monoisotopic (exact) mass is 400 g/mol. The number of fused-ring (bicyclic) bond motifs is 2. The van der Waals surface area contributed by atoms with Gasteiger partial charge in [0.2, 0.25) is 11.8 Å². The Bertz CT molecular complexity index is 1120. The van der Waals surface area contributed by atoms with Crippen molar-refractivity contribution in [2.75, 3.05) is 6.54 Å². The summed E-state index contributed by atoms with van der Waals surface area (Å²) in [6.07, 6.45) is 2.94. The van der Waals surface area contributed by atoms with E-state index in [1.807, 2.05) is 72.8 Å². The van der Waals surface area contributed by atoms with Gasteiger partial charge >= 0.3 is 0 Å². The lowest BCUT2D eigenvalue weighted by atomic mass is 9.93. The van der Waals surface area contributed by atoms with Crippen molar-refractivity contribution in [3.63, 3.8) is 0 Å². The van der Waals surface area contributed by atoms with Gasteiger partial charge in [0.15, 0.2) is 0 Å². The molecule has 0 spiro atoms. The third kappa shape index (κ3) is 4.11. The van der Waals surface area contributed by atoms with Crippen molar-refractivity contribution >= 4 is 28.7 Å². The minimum atomic E-state index is -0.805. The van der Waals surface area contributed by atoms with Crippen molar-refractivity contribution in [1.29, 1.82) is 0 Å². The number of hydrogen-bond donors (Lipinski definition) is 2. The summed E-state index contributed by atoms with van der Waals surface area (Å²) in [5.41, 5.74) is 2.70. The van der Waals surface area contributed by atoms with Gasteiger partial charge < -0.3 is 15.3 Å². The first-order valence-electron chi connectivity index (χ1n) is 10.0. The van der Waals surface area contributed by atoms with E-state index in [1.165, 1.54) is 6.92 Å². The molecule has 0 saturated heterocycles. The molecule has 1 aliphatic heterocycles. The Balaban J connectivity index is 1.43. The first-order valence-corrected chi connectivity index (χ1v) is 10.0. The zero-order valence-electron chi connectivity index (χ0n) is 16.8. The fourth-order valence-electron chi connectivity index (χ4n) is 3.90. The number of rotatable bonds is 5. The maximum Gasteiger partial charge on any atom is 0.223 e. The van der Waals surface area contributed by atoms with Crippen molar-refractivity contribution in [1.82, 2.24) is 10.2 Å². The molecule has 1 aliphatic rings. The smallest absolute Gasteiger partial charge is 0.223 e. The van der Waals surface area contributed by atoms with E-state index in [4.69, 9.17) is 0 Å². The van der Waals surface area contributed by atoms with E-state index >= 15 is 0 Å². The highest BCUT2D eigenvalue weighted by Gasteiger charge is 2.28. The first kappa shape index (κ1) is 19.9. The lowest BCUT2D eigenvalue weighted by Gasteiger charge is -2.32. The summed E-state index contributed by atoms with van der Waals surface area (Å²) in [5.74, 6) is -0.328. The van der Waals surface area contributed by atoms with E-state index in [2.05, 4.69) is 5.32 Å². The van der Waals surface area contributed by atoms with Gasteiger partial charge in [-0.25, -0.2) is 0 Å². The van der Waals surface area contributed by atoms with Crippen LogP contribution < -0.4 is 5.32 Å². The second-order valence-corrected chi connectivity index (χ2v) is 7.52. The summed E-state index contributed by atoms with van der Waals surface area (Å²) in [7, 11) is 0. The largest absolute Gasteiger partial charge is 0.387 e. The Morgan fingerprint density at radius 3 is 2.57 bits per heavy atom. The Hall–Kier alpha value is -3.44. The zero-order chi connectivity index (χ0) is 21.1. The first-order chi connectivity index (χ1) is 14.5. The molecule has 3 aromatic carbocycles. The summed E-state index contributed by atoms with van der Waals surface area (Å²) in [4.78, 5) is 26.3. The number of aliphatic hydroxyl groups is 1. The molecule has 0 bridgehead atoms. The normalized spacial score (nSPS) is 16.2. The number of hydrogen-bond acceptors (Lipinski definition) is 3. The van der Waals surface area contributed by atoms with E-state index in [9.17, 15) is 14.7 Å². The standard InChI is InChI=1S/C25H24N2O3/c1-17(28)27-13-12-19-7-4-5-9-22(19)23(27)15-25(30)26-16-24(29)21-11-10-18-6-2-3-8-20(18)14-21/h2-14,23-24,29H,15-16H2,1H3,(H,26,30). The molecule has 2 amide bonds. The Morgan fingerprint density at radius 2 is 1.77 bits per heavy atom. The maximum absolute atomic E-state index is 12.7. The lowest BCUT2D eigenvalue weighted by Crippen LogP contribution is -2.36. The van der Waals surface area contributed by atoms with Crippen LogP contribution in [0.2, 0.25) is 0 Å². The average molecular weight is 400 g/mol. The van der Waals surface area contributed by atoms with Gasteiger partial charge in [-0.3, -0.25) is 9.59 Å². The van der Waals surface area contributed by atoms with E-state index < -0.39 is 6.10 Å². The highest BCUT2D eigenvalue weighted by Crippen LogP contribution is 2.32. The lowest BCUT2D eigenvalue weighted by molar-refractivity contribution is -0.130. The van der Waals surface area contributed by atoms with Gasteiger partial charge in [0.1, 0.15) is 0 Å². The van der Waals surface area contributed by atoms with Crippen molar-refractivity contribution in [3.05, 3.63) is 89.6 Å². The molecule has 152 valence electrons. The van der Waals surface area contributed by atoms with E-state index in [1.54, 1.807) is 11.1 Å². The van der Waals surface area contributed by atoms with Crippen LogP contribution in [-0.4, -0.2) is 28.4 Å². The molecule has 2 unspecified atom stereocenters. The van der Waals surface area contributed by atoms with Crippen LogP contribution in [0.4, 0.5) is 0 Å². The molecule has 4 rings (SSSR count). The van der Waals surface area contributed by atoms with Crippen LogP contribution in [0, 0.1) is 0 Å². The summed E-state index contributed by atoms with van der Waals surface area (Å²) < 4.78 is 0. The quantitative estimate of drug-likeness (QED) is 0.681. The fourth-order valence-corrected chi connectivity index (χ4v) is 3.90. The van der Waals surface area contributed by atoms with Gasteiger partial charge in [0.25, 0.3) is 0 Å². The number of carbonyl (C=O) groups excluding carboxylic acids is 2. The zero-order valence-corrected chi connectivity index (χ0v) is 16.8. The van der Waals surface area contributed by atoms with E-state index in [0.29, 0.717) is 0 Å². The minimum absolute atomic E-state index is 0.113. The molecule has 0 aromatic heterocycles. The molecule has 5 nitrogen and oxygen atoms in total. The van der Waals surface area contributed by atoms with Crippen LogP contribution in [0.15, 0.2) is 72.9 Å². The van der Waals surface area contributed by atoms with Crippen LogP contribution in [0.1, 0.15) is 42.2 Å². The third-order valence-corrected chi connectivity index (χ3v) is 5.50. The maximum atomic E-state index is 12.7. The number of benzene rings is 3. The van der Waals surface area contributed by atoms with Gasteiger partial charge in [0.05, 0.1) is 18.6 Å². The van der Waals surface area contributed by atoms with Crippen molar-refractivity contribution in [2.24, 2.45) is 0 Å². The number of amides is 2. The summed E-state index contributed by atoms with van der Waals surface area (Å²) in [6.45, 7) is 1.61. The van der Waals surface area contributed by atoms with Gasteiger partial charge in [-0.2, -0.15) is 0 Å². The Kier molecular flexibility index (Phi) is 5.63. The number of nitrogens with one attached hydrogen (secondary N) is 1. The van der Waals surface area contributed by atoms with Crippen LogP contribution in [0.3, 0.4) is 0 Å². The highest BCUT2D eigenvalue weighted by molar-refractivity contribution is 5.83. The molecular formula is C25H24N2O3. The SMILES string of the molecule is CC(=O)N1C=Cc2ccccc2C1CC(=O)NCC(O)c1ccc2ccccc2c1. The number of carbonyl (C=O) groups is 2. The summed E-state index contributed by atoms with van der Waals surface area (Å²) in [5, 5.41) is 15.5. The predicted octanol–water partition coefficient (Wildman–Crippen LogP) is 3.95. The van der Waals surface area contributed by atoms with Gasteiger partial charge in [-0.1, -0.05) is 60.7 Å². The topological polar surface area (TPSA) is 69.6 Å². The van der Waals surface area contributed by atoms with E-state index in [0.717, 1.165) is 27.5 Å². The number of nitrogens with zero attached hydrogens (tertiary/aromatic N) is 1. The molecule has 0 saturated carbocycles. The van der Waals surface area contributed by atoms with E-state index in [-0.39, 0.29) is 30.8 Å². The van der Waals surface area contributed by atoms with Gasteiger partial charge in [-0.15, -0.1) is 0 Å². The molecule has 1 heterocycles. The van der Waals surface area contributed by atoms with Crippen molar-refractivity contribution in [3.8, 4) is 0 Å². The van der Waals surface area contributed by atoms with Gasteiger partial charge in [-0.05, 0) is 39.6 Å². The summed E-state index contributed by atoms with van der Waals surface area (Å²) >= 11 is 0. The molecule has 0 fully saturated rings. The second kappa shape index (κ2) is 8.51. The van der Waals surface area contributed by atoms with Crippen LogP contribution in [0.25, 0.3) is 16.8 Å². The Labute approximate surface area is 175 Å². The highest BCUT2D eigenvalue weighted by atomic mass is 16.3. The molecule has 0 aliphatic carbocycles. The minimum Gasteiger partial charge on any atom is -0.387 e. The van der Waals surface area contributed by atoms with Crippen LogP contribution in [-0.2, 0) is 9.59 Å². The molecule has 5 heteroatoms. The summed E-state index contributed by atoms with van der Waals surface area (Å²) in [6, 6.07) is 21.1. The predicted molar refractivity (Wildman–Crippen MR) is 117 cm³/mol. The molecule has 2 N–H and O–H groups in total. The van der Waals surface area contributed by atoms with Crippen molar-refractivity contribution < 1.29 is 14.7 Å². The van der Waals surface area contributed by atoms with Gasteiger partial charge in [0, 0.05) is 19.7 Å². The van der Waals surface area contributed by atoms with Crippen LogP contribution in [0.5, 0.6) is 0 Å². The fraction of sp³-hybridized carbons (Fsp3) is 0.200. The Morgan fingerprint density at radius 1 is 1.03 bits per heavy atom. The molecular weight excluding hydrogens is 376 g/mol. The second-order valence-electron chi connectivity index (χ2n) is 7.52. The van der Waals surface area contributed by atoms with Crippen molar-refractivity contribution in [2.45, 2.75) is 25.5 Å².